The minimum Gasteiger partial charge on any atom is -0.355 e. The van der Waals surface area contributed by atoms with Crippen LogP contribution in [0.3, 0.4) is 0 Å². The van der Waals surface area contributed by atoms with Crippen LogP contribution >= 0.6 is 35.0 Å². The van der Waals surface area contributed by atoms with Crippen molar-refractivity contribution in [3.05, 3.63) is 91.3 Å². The predicted molar refractivity (Wildman–Crippen MR) is 132 cm³/mol. The average molecular weight is 490 g/mol. The summed E-state index contributed by atoms with van der Waals surface area (Å²) in [5.74, 6) is -0.125. The zero-order valence-electron chi connectivity index (χ0n) is 18.2. The van der Waals surface area contributed by atoms with Crippen LogP contribution in [0.1, 0.15) is 29.3 Å². The first kappa shape index (κ1) is 24.4. The van der Waals surface area contributed by atoms with Crippen LogP contribution in [-0.4, -0.2) is 27.3 Å². The molecule has 5 nitrogen and oxygen atoms in total. The Morgan fingerprint density at radius 1 is 1.19 bits per heavy atom. The molecule has 1 atom stereocenters. The number of hydrogen-bond acceptors (Lipinski definition) is 4. The first-order valence-corrected chi connectivity index (χ1v) is 11.9. The number of benzene rings is 2. The topological polar surface area (TPSA) is 64.0 Å². The predicted octanol–water partition coefficient (Wildman–Crippen LogP) is 4.83. The van der Waals surface area contributed by atoms with Crippen LogP contribution in [-0.2, 0) is 24.7 Å². The number of nitrogens with zero attached hydrogens (tertiary/aromatic N) is 2. The third-order valence-corrected chi connectivity index (χ3v) is 6.86. The Morgan fingerprint density at radius 3 is 2.59 bits per heavy atom. The van der Waals surface area contributed by atoms with Crippen molar-refractivity contribution < 1.29 is 4.79 Å². The van der Waals surface area contributed by atoms with Gasteiger partial charge in [0.2, 0.25) is 5.91 Å². The highest BCUT2D eigenvalue weighted by molar-refractivity contribution is 8.00. The van der Waals surface area contributed by atoms with Gasteiger partial charge in [0.1, 0.15) is 0 Å². The summed E-state index contributed by atoms with van der Waals surface area (Å²) in [6, 6.07) is 15.2. The van der Waals surface area contributed by atoms with Crippen molar-refractivity contribution in [1.82, 2.24) is 14.9 Å². The number of nitrogens with one attached hydrogen (secondary N) is 1. The average Bonchev–Trinajstić information content (AvgIpc) is 2.77. The first-order valence-electron chi connectivity index (χ1n) is 10.2. The number of aryl methyl sites for hydroxylation is 1. The minimum atomic E-state index is -0.409. The number of hydrogen-bond donors (Lipinski definition) is 1. The molecule has 32 heavy (non-hydrogen) atoms. The molecular formula is C24H25Cl2N3O2S. The molecule has 0 aliphatic rings. The van der Waals surface area contributed by atoms with Gasteiger partial charge in [0.05, 0.1) is 5.25 Å². The van der Waals surface area contributed by atoms with E-state index in [0.29, 0.717) is 45.8 Å². The Morgan fingerprint density at radius 2 is 1.91 bits per heavy atom. The summed E-state index contributed by atoms with van der Waals surface area (Å²) in [4.78, 5) is 30.1. The third-order valence-electron chi connectivity index (χ3n) is 5.13. The van der Waals surface area contributed by atoms with Crippen LogP contribution in [0.15, 0.2) is 58.5 Å². The van der Waals surface area contributed by atoms with E-state index in [9.17, 15) is 9.59 Å². The van der Waals surface area contributed by atoms with Gasteiger partial charge in [-0.05, 0) is 43.5 Å². The van der Waals surface area contributed by atoms with Gasteiger partial charge in [-0.1, -0.05) is 71.4 Å². The molecule has 1 unspecified atom stereocenters. The summed E-state index contributed by atoms with van der Waals surface area (Å²) in [6.07, 6.45) is 1.13. The molecule has 0 radical (unpaired) electrons. The van der Waals surface area contributed by atoms with Crippen LogP contribution in [0.2, 0.25) is 10.0 Å². The maximum absolute atomic E-state index is 12.9. The Labute approximate surface area is 202 Å². The van der Waals surface area contributed by atoms with E-state index in [0.717, 1.165) is 11.1 Å². The van der Waals surface area contributed by atoms with E-state index >= 15 is 0 Å². The fraction of sp³-hybridized carbons (Fsp3) is 0.292. The monoisotopic (exact) mass is 489 g/mol. The van der Waals surface area contributed by atoms with Crippen molar-refractivity contribution >= 4 is 40.9 Å². The van der Waals surface area contributed by atoms with E-state index in [1.54, 1.807) is 26.1 Å². The Balaban J connectivity index is 1.63. The molecule has 3 rings (SSSR count). The molecule has 2 aromatic carbocycles. The highest BCUT2D eigenvalue weighted by Crippen LogP contribution is 2.23. The van der Waals surface area contributed by atoms with E-state index < -0.39 is 5.25 Å². The summed E-state index contributed by atoms with van der Waals surface area (Å²) in [5, 5.41) is 4.19. The number of amides is 1. The van der Waals surface area contributed by atoms with Crippen LogP contribution in [0.25, 0.3) is 0 Å². The molecule has 1 amide bonds. The summed E-state index contributed by atoms with van der Waals surface area (Å²) < 4.78 is 1.52. The second-order valence-electron chi connectivity index (χ2n) is 7.52. The maximum Gasteiger partial charge on any atom is 0.257 e. The molecule has 1 N–H and O–H groups in total. The van der Waals surface area contributed by atoms with Gasteiger partial charge in [0, 0.05) is 41.3 Å². The summed E-state index contributed by atoms with van der Waals surface area (Å²) in [5.41, 5.74) is 3.24. The van der Waals surface area contributed by atoms with Crippen molar-refractivity contribution in [3.8, 4) is 0 Å². The molecule has 1 heterocycles. The standard InChI is InChI=1S/C24H25Cl2N3O2S/c1-15-20(13-17-7-5-4-6-8-17)23(31)29(3)24(28-15)32-16(2)22(30)27-12-11-18-9-10-19(25)14-21(18)26/h4-10,14,16H,11-13H2,1-3H3,(H,27,30). The number of aromatic nitrogens is 2. The first-order chi connectivity index (χ1) is 15.3. The summed E-state index contributed by atoms with van der Waals surface area (Å²) in [6.45, 7) is 4.09. The molecular weight excluding hydrogens is 465 g/mol. The SMILES string of the molecule is Cc1nc(SC(C)C(=O)NCCc2ccc(Cl)cc2Cl)n(C)c(=O)c1Cc1ccccc1. The van der Waals surface area contributed by atoms with E-state index in [1.807, 2.05) is 43.3 Å². The van der Waals surface area contributed by atoms with E-state index in [4.69, 9.17) is 23.2 Å². The van der Waals surface area contributed by atoms with Crippen molar-refractivity contribution in [2.24, 2.45) is 7.05 Å². The van der Waals surface area contributed by atoms with Crippen molar-refractivity contribution in [1.29, 1.82) is 0 Å². The zero-order valence-corrected chi connectivity index (χ0v) is 20.5. The van der Waals surface area contributed by atoms with Crippen LogP contribution < -0.4 is 10.9 Å². The highest BCUT2D eigenvalue weighted by atomic mass is 35.5. The second kappa shape index (κ2) is 11.0. The quantitative estimate of drug-likeness (QED) is 0.363. The lowest BCUT2D eigenvalue weighted by Crippen LogP contribution is -2.33. The van der Waals surface area contributed by atoms with E-state index in [1.165, 1.54) is 16.3 Å². The van der Waals surface area contributed by atoms with Gasteiger partial charge in [0.25, 0.3) is 5.56 Å². The molecule has 0 fully saturated rings. The van der Waals surface area contributed by atoms with Gasteiger partial charge in [-0.15, -0.1) is 0 Å². The van der Waals surface area contributed by atoms with Gasteiger partial charge >= 0.3 is 0 Å². The molecule has 0 saturated heterocycles. The van der Waals surface area contributed by atoms with E-state index in [2.05, 4.69) is 10.3 Å². The molecule has 0 aliphatic heterocycles. The Kier molecular flexibility index (Phi) is 8.40. The lowest BCUT2D eigenvalue weighted by molar-refractivity contribution is -0.120. The number of rotatable bonds is 8. The molecule has 0 bridgehead atoms. The fourth-order valence-corrected chi connectivity index (χ4v) is 4.68. The normalized spacial score (nSPS) is 11.9. The molecule has 8 heteroatoms. The smallest absolute Gasteiger partial charge is 0.257 e. The van der Waals surface area contributed by atoms with Gasteiger partial charge in [0.15, 0.2) is 5.16 Å². The van der Waals surface area contributed by atoms with Gasteiger partial charge in [-0.25, -0.2) is 4.98 Å². The Bertz CT molecular complexity index is 1170. The molecule has 0 aliphatic carbocycles. The molecule has 0 spiro atoms. The van der Waals surface area contributed by atoms with Crippen LogP contribution in [0, 0.1) is 6.92 Å². The maximum atomic E-state index is 12.9. The summed E-state index contributed by atoms with van der Waals surface area (Å²) >= 11 is 13.4. The zero-order chi connectivity index (χ0) is 23.3. The number of carbonyl (C=O) groups is 1. The van der Waals surface area contributed by atoms with Gasteiger partial charge < -0.3 is 5.32 Å². The van der Waals surface area contributed by atoms with Crippen molar-refractivity contribution in [3.63, 3.8) is 0 Å². The number of thioether (sulfide) groups is 1. The summed E-state index contributed by atoms with van der Waals surface area (Å²) in [7, 11) is 1.69. The van der Waals surface area contributed by atoms with Crippen molar-refractivity contribution in [2.75, 3.05) is 6.54 Å². The minimum absolute atomic E-state index is 0.0890. The number of carbonyl (C=O) groups excluding carboxylic acids is 1. The Hall–Kier alpha value is -2.28. The van der Waals surface area contributed by atoms with E-state index in [-0.39, 0.29) is 11.5 Å². The van der Waals surface area contributed by atoms with Crippen LogP contribution in [0.5, 0.6) is 0 Å². The largest absolute Gasteiger partial charge is 0.355 e. The van der Waals surface area contributed by atoms with Gasteiger partial charge in [-0.3, -0.25) is 14.2 Å². The molecule has 1 aromatic heterocycles. The van der Waals surface area contributed by atoms with Gasteiger partial charge in [-0.2, -0.15) is 0 Å². The lowest BCUT2D eigenvalue weighted by Gasteiger charge is -2.16. The fourth-order valence-electron chi connectivity index (χ4n) is 3.24. The lowest BCUT2D eigenvalue weighted by atomic mass is 10.1. The molecule has 0 saturated carbocycles. The number of halogens is 2. The highest BCUT2D eigenvalue weighted by Gasteiger charge is 2.19. The third kappa shape index (κ3) is 6.15. The molecule has 168 valence electrons. The van der Waals surface area contributed by atoms with Crippen molar-refractivity contribution in [2.45, 2.75) is 37.1 Å². The molecule has 3 aromatic rings. The second-order valence-corrected chi connectivity index (χ2v) is 9.67. The van der Waals surface area contributed by atoms with Crippen LogP contribution in [0.4, 0.5) is 0 Å².